The van der Waals surface area contributed by atoms with Gasteiger partial charge in [0.25, 0.3) is 0 Å². The summed E-state index contributed by atoms with van der Waals surface area (Å²) in [5.41, 5.74) is 5.34. The Hall–Kier alpha value is -3.73. The molecule has 4 N–H and O–H groups in total. The fraction of sp³-hybridized carbons (Fsp3) is 0.190. The molecule has 2 aliphatic heterocycles. The number of alkyl halides is 3. The summed E-state index contributed by atoms with van der Waals surface area (Å²) in [6.07, 6.45) is 1.75. The molecular weight excluding hydrogens is 459 g/mol. The molecule has 0 saturated carbocycles. The Morgan fingerprint density at radius 3 is 2.85 bits per heavy atom. The fourth-order valence-corrected chi connectivity index (χ4v) is 4.28. The van der Waals surface area contributed by atoms with Crippen molar-refractivity contribution in [3.63, 3.8) is 0 Å². The third-order valence-electron chi connectivity index (χ3n) is 5.32. The highest BCUT2D eigenvalue weighted by atomic mass is 35.5. The highest BCUT2D eigenvalue weighted by Gasteiger charge is 2.38. The normalized spacial score (nSPS) is 14.8. The number of anilines is 1. The number of benzene rings is 1. The lowest BCUT2D eigenvalue weighted by Gasteiger charge is -2.25. The zero-order chi connectivity index (χ0) is 23.3. The van der Waals surface area contributed by atoms with Gasteiger partial charge in [-0.2, -0.15) is 13.2 Å². The highest BCUT2D eigenvalue weighted by Crippen LogP contribution is 2.41. The number of aromatic amines is 1. The highest BCUT2D eigenvalue weighted by molar-refractivity contribution is 6.33. The van der Waals surface area contributed by atoms with E-state index in [2.05, 4.69) is 25.3 Å². The minimum atomic E-state index is -4.66. The van der Waals surface area contributed by atoms with Crippen LogP contribution in [0.1, 0.15) is 16.8 Å². The number of nitrogens with zero attached hydrogens (tertiary/aromatic N) is 4. The molecule has 0 amide bonds. The third kappa shape index (κ3) is 3.63. The van der Waals surface area contributed by atoms with Crippen LogP contribution < -0.4 is 26.4 Å². The number of aromatic nitrogens is 3. The number of hydrogen-bond acceptors (Lipinski definition) is 7. The molecule has 2 aromatic heterocycles. The van der Waals surface area contributed by atoms with E-state index in [-0.39, 0.29) is 40.1 Å². The molecule has 12 heteroatoms. The lowest BCUT2D eigenvalue weighted by molar-refractivity contribution is -0.137. The summed E-state index contributed by atoms with van der Waals surface area (Å²) in [5.74, 6) is 0.890. The standard InChI is InChI=1S/C21H17ClF3N7O/c1-10-4-14(26)31-18(16(10)21(23,24)25)12-5-13-15-19(17(12)22)29-9-30-20(15)32(2-3-33-13)7-11-6-27-8-28-11/h2-6,8,30H,7,9H2,1H3,(H2,26,31)(H,27,28). The monoisotopic (exact) mass is 475 g/mol. The second-order valence-electron chi connectivity index (χ2n) is 7.49. The molecule has 5 rings (SSSR count). The molecule has 0 radical (unpaired) electrons. The Balaban J connectivity index is 1.77. The second-order valence-corrected chi connectivity index (χ2v) is 7.87. The summed E-state index contributed by atoms with van der Waals surface area (Å²) in [5, 5.41) is 4.07. The van der Waals surface area contributed by atoms with Crippen LogP contribution in [0.2, 0.25) is 5.02 Å². The van der Waals surface area contributed by atoms with Crippen molar-refractivity contribution in [2.45, 2.75) is 19.6 Å². The molecule has 1 aromatic carbocycles. The first-order chi connectivity index (χ1) is 15.7. The Morgan fingerprint density at radius 1 is 1.30 bits per heavy atom. The van der Waals surface area contributed by atoms with Crippen molar-refractivity contribution in [2.24, 2.45) is 4.99 Å². The van der Waals surface area contributed by atoms with Crippen molar-refractivity contribution in [3.8, 4) is 17.0 Å². The minimum Gasteiger partial charge on any atom is -0.463 e. The van der Waals surface area contributed by atoms with Gasteiger partial charge in [0, 0.05) is 18.0 Å². The van der Waals surface area contributed by atoms with Gasteiger partial charge in [0.05, 0.1) is 45.4 Å². The van der Waals surface area contributed by atoms with E-state index in [1.54, 1.807) is 18.7 Å². The molecule has 2 aliphatic rings. The van der Waals surface area contributed by atoms with E-state index in [0.717, 1.165) is 5.69 Å². The summed E-state index contributed by atoms with van der Waals surface area (Å²) in [7, 11) is 0. The molecule has 8 nitrogen and oxygen atoms in total. The van der Waals surface area contributed by atoms with Crippen LogP contribution in [-0.2, 0) is 12.7 Å². The molecule has 0 fully saturated rings. The van der Waals surface area contributed by atoms with Crippen LogP contribution >= 0.6 is 11.6 Å². The zero-order valence-electron chi connectivity index (χ0n) is 17.2. The predicted molar refractivity (Wildman–Crippen MR) is 115 cm³/mol. The first-order valence-electron chi connectivity index (χ1n) is 9.81. The number of aryl methyl sites for hydroxylation is 1. The zero-order valence-corrected chi connectivity index (χ0v) is 17.9. The molecule has 33 heavy (non-hydrogen) atoms. The van der Waals surface area contributed by atoms with Gasteiger partial charge in [-0.3, -0.25) is 4.99 Å². The van der Waals surface area contributed by atoms with Crippen molar-refractivity contribution >= 4 is 23.2 Å². The smallest absolute Gasteiger partial charge is 0.418 e. The second kappa shape index (κ2) is 7.69. The average Bonchev–Trinajstić information content (AvgIpc) is 3.19. The topological polar surface area (TPSA) is 104 Å². The predicted octanol–water partition coefficient (Wildman–Crippen LogP) is 2.65. The lowest BCUT2D eigenvalue weighted by Crippen LogP contribution is -2.44. The van der Waals surface area contributed by atoms with E-state index in [4.69, 9.17) is 22.1 Å². The van der Waals surface area contributed by atoms with Gasteiger partial charge in [0.15, 0.2) is 0 Å². The van der Waals surface area contributed by atoms with E-state index < -0.39 is 11.7 Å². The quantitative estimate of drug-likeness (QED) is 0.538. The van der Waals surface area contributed by atoms with Crippen LogP contribution in [0.25, 0.3) is 17.1 Å². The van der Waals surface area contributed by atoms with E-state index in [0.29, 0.717) is 22.9 Å². The molecule has 0 atom stereocenters. The lowest BCUT2D eigenvalue weighted by atomic mass is 9.99. The maximum Gasteiger partial charge on any atom is 0.418 e. The first-order valence-corrected chi connectivity index (χ1v) is 10.2. The number of ether oxygens (including phenoxy) is 1. The van der Waals surface area contributed by atoms with Gasteiger partial charge in [-0.15, -0.1) is 0 Å². The number of hydrogen-bond donors (Lipinski definition) is 3. The molecule has 4 heterocycles. The summed E-state index contributed by atoms with van der Waals surface area (Å²) >= 11 is 6.66. The third-order valence-corrected chi connectivity index (χ3v) is 5.70. The van der Waals surface area contributed by atoms with Crippen molar-refractivity contribution < 1.29 is 17.9 Å². The minimum absolute atomic E-state index is 0.0303. The number of nitrogen functional groups attached to an aromatic ring is 1. The Bertz CT molecular complexity index is 1400. The molecule has 170 valence electrons. The number of imidazole rings is 1. The summed E-state index contributed by atoms with van der Waals surface area (Å²) in [6, 6.07) is 2.62. The molecule has 0 saturated heterocycles. The van der Waals surface area contributed by atoms with Gasteiger partial charge in [-0.25, -0.2) is 9.97 Å². The largest absolute Gasteiger partial charge is 0.463 e. The van der Waals surface area contributed by atoms with Gasteiger partial charge in [-0.1, -0.05) is 11.6 Å². The van der Waals surface area contributed by atoms with E-state index >= 15 is 0 Å². The van der Waals surface area contributed by atoms with Crippen LogP contribution in [0.5, 0.6) is 5.75 Å². The van der Waals surface area contributed by atoms with Crippen molar-refractivity contribution in [3.05, 3.63) is 69.5 Å². The van der Waals surface area contributed by atoms with Crippen LogP contribution in [0.4, 0.5) is 19.0 Å². The van der Waals surface area contributed by atoms with Crippen LogP contribution in [-0.4, -0.2) is 26.5 Å². The number of nitrogens with one attached hydrogen (secondary N) is 2. The molecule has 0 unspecified atom stereocenters. The fourth-order valence-electron chi connectivity index (χ4n) is 3.98. The first kappa shape index (κ1) is 21.1. The van der Waals surface area contributed by atoms with E-state index in [1.807, 2.05) is 4.90 Å². The average molecular weight is 476 g/mol. The molecule has 0 spiro atoms. The van der Waals surface area contributed by atoms with Gasteiger partial charge >= 0.3 is 6.18 Å². The van der Waals surface area contributed by atoms with Crippen molar-refractivity contribution in [2.75, 3.05) is 12.4 Å². The SMILES string of the molecule is Cc1cc(N)nc(-c2cc3c4c(c2Cl)=NCNC=4N(Cc2cnc[nH]2)C=CO3)c1C(F)(F)F. The summed E-state index contributed by atoms with van der Waals surface area (Å²) < 4.78 is 47.6. The summed E-state index contributed by atoms with van der Waals surface area (Å²) in [4.78, 5) is 17.3. The van der Waals surface area contributed by atoms with Crippen LogP contribution in [0, 0.1) is 6.92 Å². The maximum absolute atomic E-state index is 13.9. The van der Waals surface area contributed by atoms with Gasteiger partial charge in [-0.05, 0) is 24.6 Å². The number of H-pyrrole nitrogens is 1. The molecule has 0 bridgehead atoms. The Morgan fingerprint density at radius 2 is 2.12 bits per heavy atom. The van der Waals surface area contributed by atoms with Crippen LogP contribution in [0.15, 0.2) is 42.1 Å². The van der Waals surface area contributed by atoms with Crippen LogP contribution in [0.3, 0.4) is 0 Å². The van der Waals surface area contributed by atoms with Crippen molar-refractivity contribution in [1.29, 1.82) is 0 Å². The Labute approximate surface area is 190 Å². The van der Waals surface area contributed by atoms with Gasteiger partial charge in [0.1, 0.15) is 30.3 Å². The number of rotatable bonds is 3. The number of pyridine rings is 1. The number of nitrogens with two attached hydrogens (primary N) is 1. The van der Waals surface area contributed by atoms with Gasteiger partial charge < -0.3 is 25.7 Å². The van der Waals surface area contributed by atoms with Crippen molar-refractivity contribution in [1.82, 2.24) is 25.2 Å². The summed E-state index contributed by atoms with van der Waals surface area (Å²) in [6.45, 7) is 1.95. The molecular formula is C21H17ClF3N7O. The number of halogens is 4. The van der Waals surface area contributed by atoms with Gasteiger partial charge in [0.2, 0.25) is 0 Å². The molecule has 0 aliphatic carbocycles. The van der Waals surface area contributed by atoms with E-state index in [9.17, 15) is 13.2 Å². The Kier molecular flexibility index (Phi) is 4.93. The molecule has 3 aromatic rings. The van der Waals surface area contributed by atoms with E-state index in [1.165, 1.54) is 25.3 Å². The maximum atomic E-state index is 13.9.